The Bertz CT molecular complexity index is 780. The molecule has 0 spiro atoms. The van der Waals surface area contributed by atoms with Crippen molar-refractivity contribution in [3.05, 3.63) is 30.3 Å². The van der Waals surface area contributed by atoms with E-state index in [1.54, 1.807) is 30.3 Å². The summed E-state index contributed by atoms with van der Waals surface area (Å²) in [6, 6.07) is 8.42. The van der Waals surface area contributed by atoms with Gasteiger partial charge in [-0.25, -0.2) is 8.42 Å². The van der Waals surface area contributed by atoms with Crippen molar-refractivity contribution < 1.29 is 17.9 Å². The van der Waals surface area contributed by atoms with Gasteiger partial charge in [-0.3, -0.25) is 4.79 Å². The Morgan fingerprint density at radius 2 is 1.85 bits per heavy atom. The number of piperidine rings is 2. The standard InChI is InChI=1S/C20H26N2O4S/c1-2-15-26-18-10-13-21(14-11-18)20(23)17-7-6-12-22(16-17)27(24,25)19-8-4-3-5-9-19/h1,3-5,8-9,17-18H,6-7,10-16H2. The van der Waals surface area contributed by atoms with Crippen LogP contribution < -0.4 is 0 Å². The summed E-state index contributed by atoms with van der Waals surface area (Å²) in [5, 5.41) is 0. The molecule has 0 saturated carbocycles. The van der Waals surface area contributed by atoms with E-state index in [-0.39, 0.29) is 29.4 Å². The number of sulfonamides is 1. The number of carbonyl (C=O) groups is 1. The zero-order valence-electron chi connectivity index (χ0n) is 15.4. The van der Waals surface area contributed by atoms with E-state index in [1.165, 1.54) is 4.31 Å². The van der Waals surface area contributed by atoms with Crippen molar-refractivity contribution in [2.75, 3.05) is 32.8 Å². The molecule has 2 heterocycles. The van der Waals surface area contributed by atoms with Gasteiger partial charge in [0.25, 0.3) is 0 Å². The summed E-state index contributed by atoms with van der Waals surface area (Å²) in [6.07, 6.45) is 8.29. The van der Waals surface area contributed by atoms with E-state index in [0.29, 0.717) is 32.7 Å². The highest BCUT2D eigenvalue weighted by Crippen LogP contribution is 2.26. The molecule has 2 saturated heterocycles. The lowest BCUT2D eigenvalue weighted by molar-refractivity contribution is -0.139. The van der Waals surface area contributed by atoms with Crippen molar-refractivity contribution in [2.45, 2.75) is 36.7 Å². The zero-order chi connectivity index (χ0) is 19.3. The van der Waals surface area contributed by atoms with Crippen LogP contribution in [0.5, 0.6) is 0 Å². The van der Waals surface area contributed by atoms with Gasteiger partial charge in [0.15, 0.2) is 0 Å². The van der Waals surface area contributed by atoms with Crippen LogP contribution in [0.15, 0.2) is 35.2 Å². The number of amides is 1. The van der Waals surface area contributed by atoms with Crippen LogP contribution in [0, 0.1) is 18.3 Å². The fourth-order valence-electron chi connectivity index (χ4n) is 3.77. The summed E-state index contributed by atoms with van der Waals surface area (Å²) in [5.41, 5.74) is 0. The SMILES string of the molecule is C#CCOC1CCN(C(=O)C2CCCN(S(=O)(=O)c3ccccc3)C2)CC1. The van der Waals surface area contributed by atoms with E-state index < -0.39 is 10.0 Å². The Balaban J connectivity index is 1.60. The van der Waals surface area contributed by atoms with E-state index in [9.17, 15) is 13.2 Å². The first-order chi connectivity index (χ1) is 13.0. The predicted molar refractivity (Wildman–Crippen MR) is 102 cm³/mol. The lowest BCUT2D eigenvalue weighted by atomic mass is 9.96. The molecule has 0 N–H and O–H groups in total. The summed E-state index contributed by atoms with van der Waals surface area (Å²) in [7, 11) is -3.55. The third kappa shape index (κ3) is 4.70. The molecule has 2 aliphatic rings. The summed E-state index contributed by atoms with van der Waals surface area (Å²) in [4.78, 5) is 15.0. The second kappa shape index (κ2) is 8.87. The molecule has 27 heavy (non-hydrogen) atoms. The molecule has 0 radical (unpaired) electrons. The molecule has 7 heteroatoms. The van der Waals surface area contributed by atoms with Crippen LogP contribution in [0.2, 0.25) is 0 Å². The number of terminal acetylenes is 1. The molecule has 6 nitrogen and oxygen atoms in total. The fourth-order valence-corrected chi connectivity index (χ4v) is 5.32. The van der Waals surface area contributed by atoms with Gasteiger partial charge in [0, 0.05) is 26.2 Å². The maximum absolute atomic E-state index is 12.9. The van der Waals surface area contributed by atoms with E-state index in [0.717, 1.165) is 19.3 Å². The Kier molecular flexibility index (Phi) is 6.53. The van der Waals surface area contributed by atoms with Gasteiger partial charge in [-0.2, -0.15) is 4.31 Å². The van der Waals surface area contributed by atoms with Crippen molar-refractivity contribution in [3.8, 4) is 12.3 Å². The quantitative estimate of drug-likeness (QED) is 0.718. The first kappa shape index (κ1) is 19.9. The average molecular weight is 391 g/mol. The maximum Gasteiger partial charge on any atom is 0.243 e. The lowest BCUT2D eigenvalue weighted by Crippen LogP contribution is -2.49. The minimum absolute atomic E-state index is 0.0540. The van der Waals surface area contributed by atoms with Gasteiger partial charge in [-0.1, -0.05) is 24.1 Å². The van der Waals surface area contributed by atoms with Gasteiger partial charge in [-0.05, 0) is 37.8 Å². The predicted octanol–water partition coefficient (Wildman–Crippen LogP) is 1.73. The summed E-state index contributed by atoms with van der Waals surface area (Å²) >= 11 is 0. The minimum Gasteiger partial charge on any atom is -0.365 e. The topological polar surface area (TPSA) is 66.9 Å². The molecule has 1 unspecified atom stereocenters. The van der Waals surface area contributed by atoms with Crippen molar-refractivity contribution in [1.29, 1.82) is 0 Å². The molecular weight excluding hydrogens is 364 g/mol. The van der Waals surface area contributed by atoms with Crippen molar-refractivity contribution in [2.24, 2.45) is 5.92 Å². The number of hydrogen-bond donors (Lipinski definition) is 0. The number of likely N-dealkylation sites (tertiary alicyclic amines) is 1. The molecule has 2 fully saturated rings. The fraction of sp³-hybridized carbons (Fsp3) is 0.550. The molecule has 2 aliphatic heterocycles. The third-order valence-electron chi connectivity index (χ3n) is 5.27. The minimum atomic E-state index is -3.55. The molecule has 146 valence electrons. The molecule has 1 atom stereocenters. The van der Waals surface area contributed by atoms with Gasteiger partial charge in [0.2, 0.25) is 15.9 Å². The summed E-state index contributed by atoms with van der Waals surface area (Å²) < 4.78 is 32.7. The van der Waals surface area contributed by atoms with Crippen molar-refractivity contribution in [3.63, 3.8) is 0 Å². The van der Waals surface area contributed by atoms with Crippen LogP contribution in [0.1, 0.15) is 25.7 Å². The van der Waals surface area contributed by atoms with Crippen molar-refractivity contribution in [1.82, 2.24) is 9.21 Å². The van der Waals surface area contributed by atoms with E-state index in [2.05, 4.69) is 5.92 Å². The van der Waals surface area contributed by atoms with E-state index in [4.69, 9.17) is 11.2 Å². The first-order valence-electron chi connectivity index (χ1n) is 9.41. The number of ether oxygens (including phenoxy) is 1. The second-order valence-electron chi connectivity index (χ2n) is 7.06. The summed E-state index contributed by atoms with van der Waals surface area (Å²) in [6.45, 7) is 2.28. The second-order valence-corrected chi connectivity index (χ2v) is 8.99. The molecule has 0 bridgehead atoms. The monoisotopic (exact) mass is 390 g/mol. The highest BCUT2D eigenvalue weighted by Gasteiger charge is 2.36. The average Bonchev–Trinajstić information content (AvgIpc) is 2.73. The third-order valence-corrected chi connectivity index (χ3v) is 7.15. The number of benzene rings is 1. The Hall–Kier alpha value is -1.88. The number of carbonyl (C=O) groups excluding carboxylic acids is 1. The first-order valence-corrected chi connectivity index (χ1v) is 10.9. The smallest absolute Gasteiger partial charge is 0.243 e. The van der Waals surface area contributed by atoms with Crippen LogP contribution in [0.4, 0.5) is 0 Å². The largest absolute Gasteiger partial charge is 0.365 e. The molecular formula is C20H26N2O4S. The van der Waals surface area contributed by atoms with Crippen LogP contribution in [-0.2, 0) is 19.6 Å². The van der Waals surface area contributed by atoms with Crippen molar-refractivity contribution >= 4 is 15.9 Å². The van der Waals surface area contributed by atoms with Crippen LogP contribution >= 0.6 is 0 Å². The van der Waals surface area contributed by atoms with E-state index >= 15 is 0 Å². The maximum atomic E-state index is 12.9. The number of rotatable bonds is 5. The van der Waals surface area contributed by atoms with Gasteiger partial charge >= 0.3 is 0 Å². The Labute approximate surface area is 161 Å². The highest BCUT2D eigenvalue weighted by atomic mass is 32.2. The molecule has 1 aromatic carbocycles. The van der Waals surface area contributed by atoms with Gasteiger partial charge in [0.1, 0.15) is 6.61 Å². The zero-order valence-corrected chi connectivity index (χ0v) is 16.2. The van der Waals surface area contributed by atoms with E-state index in [1.807, 2.05) is 4.90 Å². The summed E-state index contributed by atoms with van der Waals surface area (Å²) in [5.74, 6) is 2.24. The normalized spacial score (nSPS) is 22.3. The van der Waals surface area contributed by atoms with Gasteiger partial charge in [0.05, 0.1) is 16.9 Å². The molecule has 1 amide bonds. The van der Waals surface area contributed by atoms with Crippen LogP contribution in [0.3, 0.4) is 0 Å². The van der Waals surface area contributed by atoms with Crippen LogP contribution in [0.25, 0.3) is 0 Å². The highest BCUT2D eigenvalue weighted by molar-refractivity contribution is 7.89. The van der Waals surface area contributed by atoms with Crippen LogP contribution in [-0.4, -0.2) is 62.4 Å². The number of nitrogens with zero attached hydrogens (tertiary/aromatic N) is 2. The molecule has 0 aromatic heterocycles. The van der Waals surface area contributed by atoms with Gasteiger partial charge < -0.3 is 9.64 Å². The lowest BCUT2D eigenvalue weighted by Gasteiger charge is -2.37. The number of hydrogen-bond acceptors (Lipinski definition) is 4. The van der Waals surface area contributed by atoms with Gasteiger partial charge in [-0.15, -0.1) is 6.42 Å². The Morgan fingerprint density at radius 3 is 2.52 bits per heavy atom. The molecule has 0 aliphatic carbocycles. The molecule has 3 rings (SSSR count). The Morgan fingerprint density at radius 1 is 1.15 bits per heavy atom. The molecule has 1 aromatic rings.